The van der Waals surface area contributed by atoms with Gasteiger partial charge in [-0.3, -0.25) is 14.2 Å². The molecule has 1 aromatic heterocycles. The minimum Gasteiger partial charge on any atom is -0.497 e. The Morgan fingerprint density at radius 2 is 1.78 bits per heavy atom. The first-order valence-corrected chi connectivity index (χ1v) is 10.1. The van der Waals surface area contributed by atoms with Crippen molar-refractivity contribution in [1.82, 2.24) is 14.9 Å². The summed E-state index contributed by atoms with van der Waals surface area (Å²) in [7, 11) is 3.09. The molecule has 0 aliphatic rings. The van der Waals surface area contributed by atoms with Crippen LogP contribution >= 0.6 is 0 Å². The van der Waals surface area contributed by atoms with Crippen molar-refractivity contribution in [3.05, 3.63) is 94.5 Å². The maximum absolute atomic E-state index is 13.2. The van der Waals surface area contributed by atoms with E-state index in [9.17, 15) is 9.59 Å². The molecular weight excluding hydrogens is 406 g/mol. The van der Waals surface area contributed by atoms with Gasteiger partial charge in [-0.1, -0.05) is 30.3 Å². The molecule has 32 heavy (non-hydrogen) atoms. The van der Waals surface area contributed by atoms with Gasteiger partial charge in [0.05, 0.1) is 36.9 Å². The van der Waals surface area contributed by atoms with E-state index in [1.807, 2.05) is 37.3 Å². The molecule has 7 nitrogen and oxygen atoms in total. The summed E-state index contributed by atoms with van der Waals surface area (Å²) < 4.78 is 12.1. The zero-order chi connectivity index (χ0) is 22.7. The highest BCUT2D eigenvalue weighted by molar-refractivity contribution is 5.97. The van der Waals surface area contributed by atoms with Gasteiger partial charge in [0, 0.05) is 11.6 Å². The SMILES string of the molecule is COc1ccc(OC)c(-n2cnc3cc(C(=O)NC(C)c4ccccc4)ccc3c2=O)c1. The number of nitrogens with one attached hydrogen (secondary N) is 1. The number of amides is 1. The summed E-state index contributed by atoms with van der Waals surface area (Å²) in [5, 5.41) is 3.37. The van der Waals surface area contributed by atoms with Gasteiger partial charge in [-0.25, -0.2) is 4.98 Å². The number of hydrogen-bond acceptors (Lipinski definition) is 5. The topological polar surface area (TPSA) is 82.4 Å². The molecule has 3 aromatic carbocycles. The van der Waals surface area contributed by atoms with Gasteiger partial charge in [0.1, 0.15) is 17.8 Å². The van der Waals surface area contributed by atoms with E-state index >= 15 is 0 Å². The quantitative estimate of drug-likeness (QED) is 0.503. The maximum Gasteiger partial charge on any atom is 0.265 e. The minimum atomic E-state index is -0.272. The maximum atomic E-state index is 13.2. The van der Waals surface area contributed by atoms with Crippen molar-refractivity contribution in [3.8, 4) is 17.2 Å². The lowest BCUT2D eigenvalue weighted by molar-refractivity contribution is 0.0940. The number of ether oxygens (including phenoxy) is 2. The van der Waals surface area contributed by atoms with Gasteiger partial charge in [0.2, 0.25) is 0 Å². The Hall–Kier alpha value is -4.13. The molecular formula is C25H23N3O4. The first-order valence-electron chi connectivity index (χ1n) is 10.1. The Bertz CT molecular complexity index is 1330. The molecule has 1 N–H and O–H groups in total. The fourth-order valence-electron chi connectivity index (χ4n) is 3.52. The molecule has 0 aliphatic heterocycles. The van der Waals surface area contributed by atoms with E-state index in [-0.39, 0.29) is 17.5 Å². The lowest BCUT2D eigenvalue weighted by Crippen LogP contribution is -2.27. The smallest absolute Gasteiger partial charge is 0.265 e. The molecule has 1 unspecified atom stereocenters. The van der Waals surface area contributed by atoms with Gasteiger partial charge in [0.15, 0.2) is 0 Å². The second-order valence-electron chi connectivity index (χ2n) is 7.30. The molecule has 0 spiro atoms. The van der Waals surface area contributed by atoms with Crippen molar-refractivity contribution in [2.45, 2.75) is 13.0 Å². The molecule has 0 bridgehead atoms. The number of benzene rings is 3. The minimum absolute atomic E-state index is 0.152. The van der Waals surface area contributed by atoms with Crippen LogP contribution in [0.5, 0.6) is 11.5 Å². The fraction of sp³-hybridized carbons (Fsp3) is 0.160. The Balaban J connectivity index is 1.67. The summed E-state index contributed by atoms with van der Waals surface area (Å²) in [4.78, 5) is 30.3. The molecule has 0 saturated heterocycles. The summed E-state index contributed by atoms with van der Waals surface area (Å²) in [6.07, 6.45) is 1.43. The summed E-state index contributed by atoms with van der Waals surface area (Å²) in [5.41, 5.74) is 2.13. The molecule has 4 rings (SSSR count). The molecule has 0 radical (unpaired) electrons. The van der Waals surface area contributed by atoms with Crippen LogP contribution in [0.25, 0.3) is 16.6 Å². The Morgan fingerprint density at radius 3 is 2.50 bits per heavy atom. The van der Waals surface area contributed by atoms with Crippen LogP contribution in [0.1, 0.15) is 28.9 Å². The van der Waals surface area contributed by atoms with Crippen molar-refractivity contribution >= 4 is 16.8 Å². The molecule has 162 valence electrons. The van der Waals surface area contributed by atoms with Gasteiger partial charge in [0.25, 0.3) is 11.5 Å². The molecule has 0 aliphatic carbocycles. The molecule has 1 amide bonds. The van der Waals surface area contributed by atoms with E-state index in [4.69, 9.17) is 9.47 Å². The number of aromatic nitrogens is 2. The van der Waals surface area contributed by atoms with Crippen molar-refractivity contribution in [3.63, 3.8) is 0 Å². The van der Waals surface area contributed by atoms with Crippen LogP contribution in [0.2, 0.25) is 0 Å². The van der Waals surface area contributed by atoms with E-state index in [0.29, 0.717) is 33.7 Å². The van der Waals surface area contributed by atoms with Crippen LogP contribution < -0.4 is 20.3 Å². The third-order valence-electron chi connectivity index (χ3n) is 5.31. The highest BCUT2D eigenvalue weighted by Crippen LogP contribution is 2.27. The second kappa shape index (κ2) is 8.93. The van der Waals surface area contributed by atoms with Crippen LogP contribution in [0.3, 0.4) is 0 Å². The monoisotopic (exact) mass is 429 g/mol. The van der Waals surface area contributed by atoms with Crippen LogP contribution in [0.4, 0.5) is 0 Å². The number of carbonyl (C=O) groups is 1. The highest BCUT2D eigenvalue weighted by atomic mass is 16.5. The van der Waals surface area contributed by atoms with Gasteiger partial charge in [-0.2, -0.15) is 0 Å². The van der Waals surface area contributed by atoms with Crippen molar-refractivity contribution in [1.29, 1.82) is 0 Å². The number of rotatable bonds is 6. The fourth-order valence-corrected chi connectivity index (χ4v) is 3.52. The zero-order valence-corrected chi connectivity index (χ0v) is 18.0. The Labute approximate surface area is 185 Å². The number of nitrogens with zero attached hydrogens (tertiary/aromatic N) is 2. The average Bonchev–Trinajstić information content (AvgIpc) is 2.84. The molecule has 0 saturated carbocycles. The lowest BCUT2D eigenvalue weighted by atomic mass is 10.1. The molecule has 1 heterocycles. The van der Waals surface area contributed by atoms with Crippen LogP contribution in [-0.2, 0) is 0 Å². The van der Waals surface area contributed by atoms with Crippen LogP contribution in [0, 0.1) is 0 Å². The highest BCUT2D eigenvalue weighted by Gasteiger charge is 2.15. The molecule has 1 atom stereocenters. The van der Waals surface area contributed by atoms with Gasteiger partial charge < -0.3 is 14.8 Å². The van der Waals surface area contributed by atoms with Gasteiger partial charge >= 0.3 is 0 Å². The zero-order valence-electron chi connectivity index (χ0n) is 18.0. The van der Waals surface area contributed by atoms with E-state index in [2.05, 4.69) is 10.3 Å². The van der Waals surface area contributed by atoms with Crippen molar-refractivity contribution < 1.29 is 14.3 Å². The third kappa shape index (κ3) is 4.05. The largest absolute Gasteiger partial charge is 0.497 e. The van der Waals surface area contributed by atoms with Crippen molar-refractivity contribution in [2.24, 2.45) is 0 Å². The van der Waals surface area contributed by atoms with E-state index in [1.54, 1.807) is 43.5 Å². The number of methoxy groups -OCH3 is 2. The summed E-state index contributed by atoms with van der Waals surface area (Å²) in [6.45, 7) is 1.92. The van der Waals surface area contributed by atoms with E-state index < -0.39 is 0 Å². The van der Waals surface area contributed by atoms with Gasteiger partial charge in [-0.15, -0.1) is 0 Å². The first kappa shape index (κ1) is 21.1. The number of fused-ring (bicyclic) bond motifs is 1. The molecule has 4 aromatic rings. The predicted molar refractivity (Wildman–Crippen MR) is 123 cm³/mol. The number of hydrogen-bond donors (Lipinski definition) is 1. The normalized spacial score (nSPS) is 11.7. The van der Waals surface area contributed by atoms with E-state index in [1.165, 1.54) is 18.0 Å². The van der Waals surface area contributed by atoms with Gasteiger partial charge in [-0.05, 0) is 42.8 Å². The lowest BCUT2D eigenvalue weighted by Gasteiger charge is -2.15. The molecule has 0 fully saturated rings. The Morgan fingerprint density at radius 1 is 1.00 bits per heavy atom. The van der Waals surface area contributed by atoms with Crippen LogP contribution in [0.15, 0.2) is 77.9 Å². The predicted octanol–water partition coefficient (Wildman–Crippen LogP) is 3.89. The molecule has 7 heteroatoms. The van der Waals surface area contributed by atoms with E-state index in [0.717, 1.165) is 5.56 Å². The summed E-state index contributed by atoms with van der Waals surface area (Å²) in [6, 6.07) is 19.6. The Kier molecular flexibility index (Phi) is 5.89. The van der Waals surface area contributed by atoms with Crippen molar-refractivity contribution in [2.75, 3.05) is 14.2 Å². The third-order valence-corrected chi connectivity index (χ3v) is 5.31. The average molecular weight is 429 g/mol. The van der Waals surface area contributed by atoms with Crippen LogP contribution in [-0.4, -0.2) is 29.7 Å². The standard InChI is InChI=1S/C25H23N3O4/c1-16(17-7-5-4-6-8-17)27-24(29)18-9-11-20-21(13-18)26-15-28(25(20)30)22-14-19(31-2)10-12-23(22)32-3/h4-16H,1-3H3,(H,27,29). The first-order chi connectivity index (χ1) is 15.5. The summed E-state index contributed by atoms with van der Waals surface area (Å²) in [5.74, 6) is 0.871. The number of carbonyl (C=O) groups excluding carboxylic acids is 1. The second-order valence-corrected chi connectivity index (χ2v) is 7.30. The summed E-state index contributed by atoms with van der Waals surface area (Å²) >= 11 is 0.